The molecule has 4 nitrogen and oxygen atoms in total. The molecule has 0 aromatic rings. The second-order valence-corrected chi connectivity index (χ2v) is 3.65. The summed E-state index contributed by atoms with van der Waals surface area (Å²) in [5, 5.41) is 0. The molecule has 1 fully saturated rings. The molecule has 4 heteroatoms. The number of carbonyl (C=O) groups is 1. The highest BCUT2D eigenvalue weighted by Crippen LogP contribution is 2.19. The van der Waals surface area contributed by atoms with Crippen molar-refractivity contribution in [1.82, 2.24) is 0 Å². The van der Waals surface area contributed by atoms with Crippen molar-refractivity contribution in [1.29, 1.82) is 0 Å². The third-order valence-corrected chi connectivity index (χ3v) is 2.30. The van der Waals surface area contributed by atoms with Gasteiger partial charge in [-0.3, -0.25) is 0 Å². The van der Waals surface area contributed by atoms with E-state index >= 15 is 0 Å². The fourth-order valence-electron chi connectivity index (χ4n) is 1.49. The molecule has 1 aliphatic heterocycles. The molecule has 0 saturated carbocycles. The van der Waals surface area contributed by atoms with E-state index in [1.807, 2.05) is 0 Å². The van der Waals surface area contributed by atoms with Crippen LogP contribution in [0.15, 0.2) is 24.8 Å². The molecule has 16 heavy (non-hydrogen) atoms. The lowest BCUT2D eigenvalue weighted by atomic mass is 10.1. The van der Waals surface area contributed by atoms with Crippen LogP contribution < -0.4 is 0 Å². The Bertz CT molecular complexity index is 254. The summed E-state index contributed by atoms with van der Waals surface area (Å²) in [6.07, 6.45) is 4.29. The van der Waals surface area contributed by atoms with Gasteiger partial charge in [-0.1, -0.05) is 12.7 Å². The lowest BCUT2D eigenvalue weighted by molar-refractivity contribution is -0.150. The summed E-state index contributed by atoms with van der Waals surface area (Å²) in [4.78, 5) is 11.4. The minimum Gasteiger partial charge on any atom is -0.435 e. The van der Waals surface area contributed by atoms with Gasteiger partial charge in [-0.15, -0.1) is 6.58 Å². The number of esters is 1. The fourth-order valence-corrected chi connectivity index (χ4v) is 1.49. The molecule has 0 amide bonds. The zero-order valence-corrected chi connectivity index (χ0v) is 9.44. The molecule has 0 bridgehead atoms. The van der Waals surface area contributed by atoms with Crippen LogP contribution in [0.2, 0.25) is 0 Å². The molecule has 0 N–H and O–H groups in total. The maximum absolute atomic E-state index is 11.4. The van der Waals surface area contributed by atoms with Crippen molar-refractivity contribution in [2.45, 2.75) is 25.4 Å². The van der Waals surface area contributed by atoms with E-state index in [1.54, 1.807) is 6.08 Å². The summed E-state index contributed by atoms with van der Waals surface area (Å²) >= 11 is 0. The van der Waals surface area contributed by atoms with Crippen LogP contribution in [-0.4, -0.2) is 32.1 Å². The van der Waals surface area contributed by atoms with Gasteiger partial charge in [-0.25, -0.2) is 4.79 Å². The Hall–Kier alpha value is -1.13. The van der Waals surface area contributed by atoms with Crippen LogP contribution in [0, 0.1) is 0 Å². The Balaban J connectivity index is 2.14. The first kappa shape index (κ1) is 12.9. The summed E-state index contributed by atoms with van der Waals surface area (Å²) in [5.74, 6) is -0.417. The van der Waals surface area contributed by atoms with Crippen molar-refractivity contribution in [3.8, 4) is 0 Å². The minimum absolute atomic E-state index is 0.0601. The highest BCUT2D eigenvalue weighted by molar-refractivity contribution is 5.87. The monoisotopic (exact) mass is 226 g/mol. The molecule has 0 spiro atoms. The highest BCUT2D eigenvalue weighted by atomic mass is 16.7. The first-order valence-corrected chi connectivity index (χ1v) is 5.39. The fraction of sp³-hybridized carbons (Fsp3) is 0.583. The predicted octanol–water partition coefficient (Wildman–Crippen LogP) is 1.81. The first-order chi connectivity index (χ1) is 7.74. The average Bonchev–Trinajstić information content (AvgIpc) is 2.76. The number of ether oxygens (including phenoxy) is 3. The van der Waals surface area contributed by atoms with Gasteiger partial charge in [0.25, 0.3) is 0 Å². The second kappa shape index (κ2) is 7.19. The quantitative estimate of drug-likeness (QED) is 0.218. The molecule has 90 valence electrons. The van der Waals surface area contributed by atoms with Gasteiger partial charge in [0.2, 0.25) is 0 Å². The molecule has 0 aromatic carbocycles. The van der Waals surface area contributed by atoms with Crippen molar-refractivity contribution in [2.24, 2.45) is 0 Å². The van der Waals surface area contributed by atoms with Crippen molar-refractivity contribution in [3.05, 3.63) is 24.8 Å². The van der Waals surface area contributed by atoms with E-state index in [2.05, 4.69) is 13.2 Å². The van der Waals surface area contributed by atoms with Crippen LogP contribution in [0.1, 0.15) is 19.3 Å². The van der Waals surface area contributed by atoms with E-state index in [0.717, 1.165) is 19.4 Å². The van der Waals surface area contributed by atoms with Crippen molar-refractivity contribution < 1.29 is 19.0 Å². The molecule has 0 radical (unpaired) electrons. The number of hydrogen-bond donors (Lipinski definition) is 0. The largest absolute Gasteiger partial charge is 0.435 e. The third kappa shape index (κ3) is 4.59. The first-order valence-electron chi connectivity index (χ1n) is 5.39. The van der Waals surface area contributed by atoms with E-state index in [1.165, 1.54) is 0 Å². The van der Waals surface area contributed by atoms with E-state index in [0.29, 0.717) is 18.6 Å². The maximum Gasteiger partial charge on any atom is 0.335 e. The lowest BCUT2D eigenvalue weighted by Gasteiger charge is -2.11. The smallest absolute Gasteiger partial charge is 0.335 e. The number of carbonyl (C=O) groups excluding carboxylic acids is 1. The molecule has 1 unspecified atom stereocenters. The Labute approximate surface area is 95.9 Å². The molecular weight excluding hydrogens is 208 g/mol. The van der Waals surface area contributed by atoms with Crippen molar-refractivity contribution >= 4 is 5.97 Å². The zero-order chi connectivity index (χ0) is 11.8. The van der Waals surface area contributed by atoms with Gasteiger partial charge >= 0.3 is 5.97 Å². The zero-order valence-electron chi connectivity index (χ0n) is 9.44. The summed E-state index contributed by atoms with van der Waals surface area (Å²) in [5.41, 5.74) is 0.439. The van der Waals surface area contributed by atoms with Crippen LogP contribution in [0.5, 0.6) is 0 Å². The van der Waals surface area contributed by atoms with E-state index in [9.17, 15) is 4.79 Å². The van der Waals surface area contributed by atoms with Gasteiger partial charge in [0.05, 0.1) is 12.7 Å². The molecule has 1 rings (SSSR count). The molecule has 0 aromatic heterocycles. The average molecular weight is 226 g/mol. The van der Waals surface area contributed by atoms with Gasteiger partial charge < -0.3 is 14.2 Å². The van der Waals surface area contributed by atoms with Crippen LogP contribution in [0.4, 0.5) is 0 Å². The summed E-state index contributed by atoms with van der Waals surface area (Å²) in [6, 6.07) is 0. The van der Waals surface area contributed by atoms with Gasteiger partial charge in [0, 0.05) is 18.6 Å². The summed E-state index contributed by atoms with van der Waals surface area (Å²) in [6.45, 7) is 8.25. The highest BCUT2D eigenvalue weighted by Gasteiger charge is 2.19. The molecule has 0 aliphatic carbocycles. The van der Waals surface area contributed by atoms with Gasteiger partial charge in [0.15, 0.2) is 6.79 Å². The Morgan fingerprint density at radius 2 is 2.38 bits per heavy atom. The Morgan fingerprint density at radius 1 is 1.56 bits per heavy atom. The molecule has 1 aliphatic rings. The lowest BCUT2D eigenvalue weighted by Crippen LogP contribution is -2.15. The van der Waals surface area contributed by atoms with Gasteiger partial charge in [-0.05, 0) is 12.8 Å². The van der Waals surface area contributed by atoms with E-state index in [4.69, 9.17) is 14.2 Å². The van der Waals surface area contributed by atoms with Crippen molar-refractivity contribution in [3.63, 3.8) is 0 Å². The van der Waals surface area contributed by atoms with Crippen LogP contribution in [0.3, 0.4) is 0 Å². The Kier molecular flexibility index (Phi) is 5.82. The van der Waals surface area contributed by atoms with Gasteiger partial charge in [0.1, 0.15) is 0 Å². The number of rotatable bonds is 7. The number of hydrogen-bond acceptors (Lipinski definition) is 4. The Morgan fingerprint density at radius 3 is 3.00 bits per heavy atom. The van der Waals surface area contributed by atoms with E-state index in [-0.39, 0.29) is 12.9 Å². The summed E-state index contributed by atoms with van der Waals surface area (Å²) in [7, 11) is 0. The molecular formula is C12H18O4. The van der Waals surface area contributed by atoms with Gasteiger partial charge in [-0.2, -0.15) is 0 Å². The standard InChI is InChI=1S/C12H18O4/c1-3-6-14-9-16-12(13)10(2)8-11-5-4-7-15-11/h3,11H,1-2,4-9H2. The SMILES string of the molecule is C=CCOCOC(=O)C(=C)CC1CCCO1. The normalized spacial score (nSPS) is 19.4. The maximum atomic E-state index is 11.4. The minimum atomic E-state index is -0.417. The van der Waals surface area contributed by atoms with Crippen LogP contribution in [-0.2, 0) is 19.0 Å². The molecule has 1 heterocycles. The second-order valence-electron chi connectivity index (χ2n) is 3.65. The third-order valence-electron chi connectivity index (χ3n) is 2.30. The summed E-state index contributed by atoms with van der Waals surface area (Å²) < 4.78 is 15.2. The predicted molar refractivity (Wildman–Crippen MR) is 59.8 cm³/mol. The topological polar surface area (TPSA) is 44.8 Å². The van der Waals surface area contributed by atoms with E-state index < -0.39 is 5.97 Å². The van der Waals surface area contributed by atoms with Crippen molar-refractivity contribution in [2.75, 3.05) is 20.0 Å². The van der Waals surface area contributed by atoms with Crippen LogP contribution in [0.25, 0.3) is 0 Å². The molecule has 1 atom stereocenters. The molecule has 1 saturated heterocycles. The van der Waals surface area contributed by atoms with Crippen LogP contribution >= 0.6 is 0 Å².